The molecule has 0 saturated heterocycles. The lowest BCUT2D eigenvalue weighted by atomic mass is 10.00. The first kappa shape index (κ1) is 14.6. The second-order valence-corrected chi connectivity index (χ2v) is 5.91. The number of likely N-dealkylation sites (N-methyl/N-ethyl adjacent to an activating group) is 1. The standard InChI is InChI=1S/C16H14Cl2FNO/c1-20-8-12-5-9-4-11(19)7-14(16(9)21-12)13-6-10(17)2-3-15(13)18/h2-4,6-7,12,20H,5,8H2,1H3. The largest absolute Gasteiger partial charge is 0.488 e. The second-order valence-electron chi connectivity index (χ2n) is 5.07. The molecular weight excluding hydrogens is 312 g/mol. The highest BCUT2D eigenvalue weighted by atomic mass is 35.5. The highest BCUT2D eigenvalue weighted by Crippen LogP contribution is 2.42. The van der Waals surface area contributed by atoms with Crippen molar-refractivity contribution < 1.29 is 9.13 Å². The van der Waals surface area contributed by atoms with Gasteiger partial charge in [-0.25, -0.2) is 4.39 Å². The van der Waals surface area contributed by atoms with Gasteiger partial charge in [-0.05, 0) is 37.4 Å². The van der Waals surface area contributed by atoms with Crippen LogP contribution in [0.2, 0.25) is 10.0 Å². The Morgan fingerprint density at radius 1 is 1.24 bits per heavy atom. The van der Waals surface area contributed by atoms with Crippen molar-refractivity contribution in [2.45, 2.75) is 12.5 Å². The summed E-state index contributed by atoms with van der Waals surface area (Å²) in [6.07, 6.45) is 0.683. The van der Waals surface area contributed by atoms with Gasteiger partial charge in [0.2, 0.25) is 0 Å². The first-order valence-corrected chi connectivity index (χ1v) is 7.43. The quantitative estimate of drug-likeness (QED) is 0.907. The Balaban J connectivity index is 2.11. The lowest BCUT2D eigenvalue weighted by molar-refractivity contribution is 0.232. The third-order valence-corrected chi connectivity index (χ3v) is 4.08. The molecule has 1 atom stereocenters. The summed E-state index contributed by atoms with van der Waals surface area (Å²) in [7, 11) is 1.86. The van der Waals surface area contributed by atoms with Crippen LogP contribution in [0.4, 0.5) is 4.39 Å². The van der Waals surface area contributed by atoms with Crippen molar-refractivity contribution in [3.63, 3.8) is 0 Å². The number of ether oxygens (including phenoxy) is 1. The van der Waals surface area contributed by atoms with Crippen molar-refractivity contribution in [1.82, 2.24) is 5.32 Å². The number of hydrogen-bond donors (Lipinski definition) is 1. The van der Waals surface area contributed by atoms with E-state index in [1.54, 1.807) is 18.2 Å². The summed E-state index contributed by atoms with van der Waals surface area (Å²) < 4.78 is 19.9. The maximum atomic E-state index is 13.9. The molecule has 2 aromatic rings. The van der Waals surface area contributed by atoms with Crippen LogP contribution in [0.1, 0.15) is 5.56 Å². The smallest absolute Gasteiger partial charge is 0.131 e. The van der Waals surface area contributed by atoms with Crippen molar-refractivity contribution in [1.29, 1.82) is 0 Å². The van der Waals surface area contributed by atoms with Crippen LogP contribution in [0.25, 0.3) is 11.1 Å². The van der Waals surface area contributed by atoms with E-state index in [1.165, 1.54) is 12.1 Å². The van der Waals surface area contributed by atoms with Crippen molar-refractivity contribution in [3.05, 3.63) is 51.8 Å². The molecule has 2 aromatic carbocycles. The minimum atomic E-state index is -0.298. The van der Waals surface area contributed by atoms with Crippen molar-refractivity contribution in [2.75, 3.05) is 13.6 Å². The molecule has 0 radical (unpaired) electrons. The summed E-state index contributed by atoms with van der Waals surface area (Å²) in [5.74, 6) is 0.398. The Bertz CT molecular complexity index is 690. The first-order valence-electron chi connectivity index (χ1n) is 6.67. The van der Waals surface area contributed by atoms with E-state index in [2.05, 4.69) is 5.32 Å². The first-order chi connectivity index (χ1) is 10.1. The summed E-state index contributed by atoms with van der Waals surface area (Å²) in [6.45, 7) is 0.707. The molecule has 0 aromatic heterocycles. The van der Waals surface area contributed by atoms with Gasteiger partial charge in [0.25, 0.3) is 0 Å². The van der Waals surface area contributed by atoms with Crippen LogP contribution in [0.15, 0.2) is 30.3 Å². The van der Waals surface area contributed by atoms with Crippen molar-refractivity contribution in [3.8, 4) is 16.9 Å². The number of benzene rings is 2. The zero-order valence-electron chi connectivity index (χ0n) is 11.4. The van der Waals surface area contributed by atoms with Crippen LogP contribution < -0.4 is 10.1 Å². The predicted molar refractivity (Wildman–Crippen MR) is 83.9 cm³/mol. The Kier molecular flexibility index (Phi) is 4.07. The molecule has 1 aliphatic rings. The van der Waals surface area contributed by atoms with Crippen LogP contribution in [0.3, 0.4) is 0 Å². The van der Waals surface area contributed by atoms with E-state index >= 15 is 0 Å². The van der Waals surface area contributed by atoms with E-state index in [1.807, 2.05) is 7.05 Å². The van der Waals surface area contributed by atoms with Crippen molar-refractivity contribution >= 4 is 23.2 Å². The fourth-order valence-electron chi connectivity index (χ4n) is 2.64. The van der Waals surface area contributed by atoms with E-state index in [-0.39, 0.29) is 11.9 Å². The molecule has 0 fully saturated rings. The van der Waals surface area contributed by atoms with E-state index in [0.717, 1.165) is 5.56 Å². The normalized spacial score (nSPS) is 16.7. The van der Waals surface area contributed by atoms with E-state index in [9.17, 15) is 4.39 Å². The molecule has 21 heavy (non-hydrogen) atoms. The molecule has 1 heterocycles. The Morgan fingerprint density at radius 2 is 2.05 bits per heavy atom. The van der Waals surface area contributed by atoms with Crippen LogP contribution in [-0.2, 0) is 6.42 Å². The van der Waals surface area contributed by atoms with Gasteiger partial charge in [0.15, 0.2) is 0 Å². The zero-order chi connectivity index (χ0) is 15.0. The van der Waals surface area contributed by atoms with Gasteiger partial charge in [-0.1, -0.05) is 23.2 Å². The molecule has 0 aliphatic carbocycles. The number of fused-ring (bicyclic) bond motifs is 1. The number of halogens is 3. The average molecular weight is 326 g/mol. The maximum Gasteiger partial charge on any atom is 0.131 e. The maximum absolute atomic E-state index is 13.9. The van der Waals surface area contributed by atoms with Gasteiger partial charge in [-0.2, -0.15) is 0 Å². The number of hydrogen-bond acceptors (Lipinski definition) is 2. The highest BCUT2D eigenvalue weighted by Gasteiger charge is 2.27. The molecule has 5 heteroatoms. The van der Waals surface area contributed by atoms with Crippen LogP contribution >= 0.6 is 23.2 Å². The van der Waals surface area contributed by atoms with Crippen LogP contribution in [0, 0.1) is 5.82 Å². The summed E-state index contributed by atoms with van der Waals surface area (Å²) in [6, 6.07) is 8.10. The van der Waals surface area contributed by atoms with Crippen LogP contribution in [0.5, 0.6) is 5.75 Å². The second kappa shape index (κ2) is 5.84. The summed E-state index contributed by atoms with van der Waals surface area (Å²) in [5.41, 5.74) is 2.20. The van der Waals surface area contributed by atoms with Gasteiger partial charge in [-0.15, -0.1) is 0 Å². The molecular formula is C16H14Cl2FNO. The Hall–Kier alpha value is -1.29. The number of nitrogens with one attached hydrogen (secondary N) is 1. The zero-order valence-corrected chi connectivity index (χ0v) is 12.9. The third-order valence-electron chi connectivity index (χ3n) is 3.51. The molecule has 110 valence electrons. The highest BCUT2D eigenvalue weighted by molar-refractivity contribution is 6.35. The summed E-state index contributed by atoms with van der Waals surface area (Å²) >= 11 is 12.3. The van der Waals surface area contributed by atoms with E-state index in [0.29, 0.717) is 39.9 Å². The van der Waals surface area contributed by atoms with Gasteiger partial charge in [0, 0.05) is 39.7 Å². The third kappa shape index (κ3) is 2.86. The van der Waals surface area contributed by atoms with E-state index < -0.39 is 0 Å². The fraction of sp³-hybridized carbons (Fsp3) is 0.250. The molecule has 0 spiro atoms. The molecule has 3 rings (SSSR count). The monoisotopic (exact) mass is 325 g/mol. The molecule has 1 N–H and O–H groups in total. The van der Waals surface area contributed by atoms with Gasteiger partial charge in [-0.3, -0.25) is 0 Å². The molecule has 0 saturated carbocycles. The molecule has 1 unspecified atom stereocenters. The number of rotatable bonds is 3. The van der Waals surface area contributed by atoms with Gasteiger partial charge >= 0.3 is 0 Å². The Morgan fingerprint density at radius 3 is 2.81 bits per heavy atom. The van der Waals surface area contributed by atoms with Gasteiger partial charge in [0.1, 0.15) is 17.7 Å². The molecule has 1 aliphatic heterocycles. The SMILES string of the molecule is CNCC1Cc2cc(F)cc(-c3cc(Cl)ccc3Cl)c2O1. The molecule has 0 bridgehead atoms. The minimum absolute atomic E-state index is 0.00325. The van der Waals surface area contributed by atoms with Crippen molar-refractivity contribution in [2.24, 2.45) is 0 Å². The minimum Gasteiger partial charge on any atom is -0.488 e. The summed E-state index contributed by atoms with van der Waals surface area (Å²) in [4.78, 5) is 0. The topological polar surface area (TPSA) is 21.3 Å². The lowest BCUT2D eigenvalue weighted by Gasteiger charge is -2.13. The predicted octanol–water partition coefficient (Wildman–Crippen LogP) is 4.32. The van der Waals surface area contributed by atoms with Gasteiger partial charge < -0.3 is 10.1 Å². The Labute approximate surface area is 132 Å². The summed E-state index contributed by atoms with van der Waals surface area (Å²) in [5, 5.41) is 4.15. The van der Waals surface area contributed by atoms with Crippen LogP contribution in [-0.4, -0.2) is 19.7 Å². The lowest BCUT2D eigenvalue weighted by Crippen LogP contribution is -2.27. The molecule has 2 nitrogen and oxygen atoms in total. The molecule has 0 amide bonds. The van der Waals surface area contributed by atoms with E-state index in [4.69, 9.17) is 27.9 Å². The van der Waals surface area contributed by atoms with Gasteiger partial charge in [0.05, 0.1) is 0 Å². The average Bonchev–Trinajstić information content (AvgIpc) is 2.83. The fourth-order valence-corrected chi connectivity index (χ4v) is 3.03.